The molecule has 1 heterocycles. The van der Waals surface area contributed by atoms with Crippen LogP contribution in [0.15, 0.2) is 73.1 Å². The van der Waals surface area contributed by atoms with Gasteiger partial charge in [-0.1, -0.05) is 36.4 Å². The van der Waals surface area contributed by atoms with Crippen molar-refractivity contribution in [1.29, 1.82) is 0 Å². The molecule has 0 radical (unpaired) electrons. The number of carbonyl (C=O) groups excluding carboxylic acids is 1. The second-order valence-corrected chi connectivity index (χ2v) is 6.23. The van der Waals surface area contributed by atoms with E-state index in [0.717, 1.165) is 16.7 Å². The zero-order valence-corrected chi connectivity index (χ0v) is 15.0. The normalized spacial score (nSPS) is 11.6. The highest BCUT2D eigenvalue weighted by Gasteiger charge is 2.17. The molecule has 0 unspecified atom stereocenters. The Hall–Kier alpha value is -3.14. The molecule has 1 amide bonds. The van der Waals surface area contributed by atoms with Crippen LogP contribution in [0, 0.1) is 13.8 Å². The van der Waals surface area contributed by atoms with Crippen molar-refractivity contribution in [3.8, 4) is 5.75 Å². The third-order valence-corrected chi connectivity index (χ3v) is 4.33. The van der Waals surface area contributed by atoms with Gasteiger partial charge in [0.2, 0.25) is 0 Å². The highest BCUT2D eigenvalue weighted by atomic mass is 16.5. The average molecular weight is 346 g/mol. The lowest BCUT2D eigenvalue weighted by molar-refractivity contribution is -0.123. The van der Waals surface area contributed by atoms with E-state index in [1.807, 2.05) is 74.5 Å². The molecular weight excluding hydrogens is 324 g/mol. The maximum Gasteiger partial charge on any atom is 0.258 e. The number of carbonyl (C=O) groups is 1. The molecule has 1 atom stereocenters. The number of amides is 1. The van der Waals surface area contributed by atoms with Crippen molar-refractivity contribution in [2.45, 2.75) is 19.9 Å². The molecule has 0 saturated carbocycles. The molecule has 4 heteroatoms. The third kappa shape index (κ3) is 4.48. The summed E-state index contributed by atoms with van der Waals surface area (Å²) in [7, 11) is 0. The number of hydrogen-bond donors (Lipinski definition) is 1. The number of aromatic nitrogens is 1. The standard InChI is InChI=1S/C22H22N2O2/c1-16-8-9-20(14-17(16)2)26-15-21(25)24-22(18-6-4-3-5-7-18)19-10-12-23-13-11-19/h3-14,22H,15H2,1-2H3,(H,24,25)/t22-/m0/s1. The fourth-order valence-electron chi connectivity index (χ4n) is 2.72. The first-order valence-electron chi connectivity index (χ1n) is 8.58. The first-order valence-corrected chi connectivity index (χ1v) is 8.58. The summed E-state index contributed by atoms with van der Waals surface area (Å²) in [6, 6.07) is 19.3. The van der Waals surface area contributed by atoms with Gasteiger partial charge in [0.15, 0.2) is 6.61 Å². The fraction of sp³-hybridized carbons (Fsp3) is 0.182. The summed E-state index contributed by atoms with van der Waals surface area (Å²) in [5, 5.41) is 3.05. The molecule has 26 heavy (non-hydrogen) atoms. The Bertz CT molecular complexity index is 824. The molecule has 0 fully saturated rings. The van der Waals surface area contributed by atoms with Gasteiger partial charge in [-0.3, -0.25) is 9.78 Å². The van der Waals surface area contributed by atoms with Gasteiger partial charge in [-0.25, -0.2) is 0 Å². The van der Waals surface area contributed by atoms with Crippen molar-refractivity contribution in [2.75, 3.05) is 6.61 Å². The largest absolute Gasteiger partial charge is 0.484 e. The molecule has 0 spiro atoms. The van der Waals surface area contributed by atoms with E-state index in [1.54, 1.807) is 12.4 Å². The zero-order chi connectivity index (χ0) is 18.4. The van der Waals surface area contributed by atoms with Crippen molar-refractivity contribution < 1.29 is 9.53 Å². The van der Waals surface area contributed by atoms with Crippen LogP contribution in [0.1, 0.15) is 28.3 Å². The van der Waals surface area contributed by atoms with Crippen LogP contribution in [0.5, 0.6) is 5.75 Å². The van der Waals surface area contributed by atoms with Gasteiger partial charge in [0.25, 0.3) is 5.91 Å². The molecule has 3 rings (SSSR count). The van der Waals surface area contributed by atoms with Crippen molar-refractivity contribution in [2.24, 2.45) is 0 Å². The summed E-state index contributed by atoms with van der Waals surface area (Å²) in [6.07, 6.45) is 3.45. The van der Waals surface area contributed by atoms with Gasteiger partial charge in [-0.15, -0.1) is 0 Å². The highest BCUT2D eigenvalue weighted by molar-refractivity contribution is 5.78. The fourth-order valence-corrected chi connectivity index (χ4v) is 2.72. The molecular formula is C22H22N2O2. The molecule has 0 saturated heterocycles. The summed E-state index contributed by atoms with van der Waals surface area (Å²) in [5.74, 6) is 0.525. The number of ether oxygens (including phenoxy) is 1. The average Bonchev–Trinajstić information content (AvgIpc) is 2.68. The molecule has 2 aromatic carbocycles. The van der Waals surface area contributed by atoms with Gasteiger partial charge in [0.1, 0.15) is 5.75 Å². The highest BCUT2D eigenvalue weighted by Crippen LogP contribution is 2.21. The predicted octanol–water partition coefficient (Wildman–Crippen LogP) is 3.98. The summed E-state index contributed by atoms with van der Waals surface area (Å²) >= 11 is 0. The molecule has 4 nitrogen and oxygen atoms in total. The van der Waals surface area contributed by atoms with Crippen LogP contribution in [0.2, 0.25) is 0 Å². The molecule has 0 aliphatic carbocycles. The van der Waals surface area contributed by atoms with Crippen LogP contribution in [0.3, 0.4) is 0 Å². The Morgan fingerprint density at radius 3 is 2.35 bits per heavy atom. The van der Waals surface area contributed by atoms with Crippen molar-refractivity contribution in [3.05, 3.63) is 95.3 Å². The monoisotopic (exact) mass is 346 g/mol. The van der Waals surface area contributed by atoms with Crippen LogP contribution in [0.4, 0.5) is 0 Å². The van der Waals surface area contributed by atoms with Crippen molar-refractivity contribution in [3.63, 3.8) is 0 Å². The first-order chi connectivity index (χ1) is 12.6. The van der Waals surface area contributed by atoms with Crippen LogP contribution in [-0.4, -0.2) is 17.5 Å². The predicted molar refractivity (Wildman–Crippen MR) is 102 cm³/mol. The second kappa shape index (κ2) is 8.30. The number of rotatable bonds is 6. The Balaban J connectivity index is 1.70. The van der Waals surface area contributed by atoms with Gasteiger partial charge >= 0.3 is 0 Å². The molecule has 0 bridgehead atoms. The lowest BCUT2D eigenvalue weighted by Crippen LogP contribution is -2.33. The minimum atomic E-state index is -0.241. The SMILES string of the molecule is Cc1ccc(OCC(=O)N[C@@H](c2ccccc2)c2ccncc2)cc1C. The third-order valence-electron chi connectivity index (χ3n) is 4.33. The summed E-state index contributed by atoms with van der Waals surface area (Å²) < 4.78 is 5.65. The van der Waals surface area contributed by atoms with Gasteiger partial charge in [-0.05, 0) is 60.4 Å². The van der Waals surface area contributed by atoms with Crippen LogP contribution in [0.25, 0.3) is 0 Å². The Labute approximate surface area is 153 Å². The van der Waals surface area contributed by atoms with E-state index in [1.165, 1.54) is 5.56 Å². The second-order valence-electron chi connectivity index (χ2n) is 6.23. The number of nitrogens with one attached hydrogen (secondary N) is 1. The Kier molecular flexibility index (Phi) is 5.64. The number of pyridine rings is 1. The molecule has 0 aliphatic rings. The summed E-state index contributed by atoms with van der Waals surface area (Å²) in [4.78, 5) is 16.5. The van der Waals surface area contributed by atoms with Gasteiger partial charge in [0.05, 0.1) is 6.04 Å². The molecule has 3 aromatic rings. The molecule has 1 N–H and O–H groups in total. The van der Waals surface area contributed by atoms with Crippen LogP contribution in [-0.2, 0) is 4.79 Å². The van der Waals surface area contributed by atoms with Gasteiger partial charge < -0.3 is 10.1 Å². The van der Waals surface area contributed by atoms with E-state index in [9.17, 15) is 4.79 Å². The quantitative estimate of drug-likeness (QED) is 0.734. The first kappa shape index (κ1) is 17.7. The summed E-state index contributed by atoms with van der Waals surface area (Å²) in [6.45, 7) is 4.04. The Morgan fingerprint density at radius 2 is 1.65 bits per heavy atom. The zero-order valence-electron chi connectivity index (χ0n) is 15.0. The van der Waals surface area contributed by atoms with Crippen molar-refractivity contribution in [1.82, 2.24) is 10.3 Å². The van der Waals surface area contributed by atoms with Crippen LogP contribution < -0.4 is 10.1 Å². The van der Waals surface area contributed by atoms with Gasteiger partial charge in [-0.2, -0.15) is 0 Å². The molecule has 0 aliphatic heterocycles. The minimum Gasteiger partial charge on any atom is -0.484 e. The smallest absolute Gasteiger partial charge is 0.258 e. The van der Waals surface area contributed by atoms with E-state index in [4.69, 9.17) is 4.74 Å². The lowest BCUT2D eigenvalue weighted by atomic mass is 10.00. The number of hydrogen-bond acceptors (Lipinski definition) is 3. The van der Waals surface area contributed by atoms with Crippen LogP contribution >= 0.6 is 0 Å². The maximum atomic E-state index is 12.5. The molecule has 1 aromatic heterocycles. The van der Waals surface area contributed by atoms with E-state index < -0.39 is 0 Å². The summed E-state index contributed by atoms with van der Waals surface area (Å²) in [5.41, 5.74) is 4.33. The minimum absolute atomic E-state index is 0.0308. The topological polar surface area (TPSA) is 51.2 Å². The number of benzene rings is 2. The number of nitrogens with zero attached hydrogens (tertiary/aromatic N) is 1. The molecule has 132 valence electrons. The van der Waals surface area contributed by atoms with E-state index in [0.29, 0.717) is 5.75 Å². The van der Waals surface area contributed by atoms with E-state index >= 15 is 0 Å². The van der Waals surface area contributed by atoms with Crippen molar-refractivity contribution >= 4 is 5.91 Å². The maximum absolute atomic E-state index is 12.5. The lowest BCUT2D eigenvalue weighted by Gasteiger charge is -2.20. The van der Waals surface area contributed by atoms with E-state index in [2.05, 4.69) is 10.3 Å². The van der Waals surface area contributed by atoms with E-state index in [-0.39, 0.29) is 18.6 Å². The van der Waals surface area contributed by atoms with Gasteiger partial charge in [0, 0.05) is 12.4 Å². The number of aryl methyl sites for hydroxylation is 2. The Morgan fingerprint density at radius 1 is 0.962 bits per heavy atom.